The number of fused-ring (bicyclic) bond motifs is 3. The molecular weight excluding hydrogens is 274 g/mol. The molecule has 2 N–H and O–H groups in total. The van der Waals surface area contributed by atoms with E-state index in [1.54, 1.807) is 6.07 Å². The Morgan fingerprint density at radius 1 is 1.41 bits per heavy atom. The summed E-state index contributed by atoms with van der Waals surface area (Å²) in [4.78, 5) is 16.2. The van der Waals surface area contributed by atoms with Gasteiger partial charge in [-0.05, 0) is 61.0 Å². The first-order valence-corrected chi connectivity index (χ1v) is 8.23. The summed E-state index contributed by atoms with van der Waals surface area (Å²) in [5.74, 6) is 2.07. The summed E-state index contributed by atoms with van der Waals surface area (Å²) in [6, 6.07) is 5.52. The van der Waals surface area contributed by atoms with Crippen molar-refractivity contribution < 1.29 is 4.79 Å². The number of carbonyl (C=O) groups is 1. The van der Waals surface area contributed by atoms with Crippen LogP contribution in [0.4, 0.5) is 0 Å². The largest absolute Gasteiger partial charge is 0.364 e. The molecule has 1 amide bonds. The lowest BCUT2D eigenvalue weighted by atomic mass is 9.45. The highest BCUT2D eigenvalue weighted by molar-refractivity contribution is 5.91. The predicted octanol–water partition coefficient (Wildman–Crippen LogP) is 3.05. The number of hydrogen-bond acceptors (Lipinski definition) is 2. The molecule has 4 heteroatoms. The molecular formula is C18H23N3O. The molecule has 2 aromatic rings. The summed E-state index contributed by atoms with van der Waals surface area (Å²) < 4.78 is 1.83. The first-order valence-electron chi connectivity index (χ1n) is 8.23. The lowest BCUT2D eigenvalue weighted by Crippen LogP contribution is -2.52. The van der Waals surface area contributed by atoms with Gasteiger partial charge >= 0.3 is 0 Å². The maximum atomic E-state index is 11.5. The monoisotopic (exact) mass is 297 g/mol. The van der Waals surface area contributed by atoms with Gasteiger partial charge < -0.3 is 5.73 Å². The summed E-state index contributed by atoms with van der Waals surface area (Å²) in [6.07, 6.45) is 7.06. The van der Waals surface area contributed by atoms with Crippen LogP contribution in [0.1, 0.15) is 49.3 Å². The van der Waals surface area contributed by atoms with E-state index in [9.17, 15) is 4.79 Å². The van der Waals surface area contributed by atoms with Crippen molar-refractivity contribution in [2.24, 2.45) is 28.9 Å². The third-order valence-electron chi connectivity index (χ3n) is 6.27. The van der Waals surface area contributed by atoms with Crippen molar-refractivity contribution >= 4 is 11.6 Å². The third kappa shape index (κ3) is 1.89. The van der Waals surface area contributed by atoms with Crippen molar-refractivity contribution in [3.05, 3.63) is 35.8 Å². The molecule has 22 heavy (non-hydrogen) atoms. The maximum Gasteiger partial charge on any atom is 0.265 e. The molecule has 0 spiro atoms. The van der Waals surface area contributed by atoms with Gasteiger partial charge in [-0.1, -0.05) is 19.9 Å². The average molecular weight is 297 g/mol. The zero-order chi connectivity index (χ0) is 15.5. The lowest BCUT2D eigenvalue weighted by molar-refractivity contribution is -0.104. The molecule has 0 unspecified atom stereocenters. The molecule has 0 aliphatic heterocycles. The van der Waals surface area contributed by atoms with Crippen LogP contribution in [-0.4, -0.2) is 15.3 Å². The second kappa shape index (κ2) is 4.58. The normalized spacial score (nSPS) is 29.3. The zero-order valence-corrected chi connectivity index (χ0v) is 13.2. The predicted molar refractivity (Wildman–Crippen MR) is 85.5 cm³/mol. The second-order valence-corrected chi connectivity index (χ2v) is 7.64. The SMILES string of the molecule is CC1(C)[C@H]2CC[C@H](Cc3cn4c(C(N)=O)cccc4n3)[C@@H]1C2. The van der Waals surface area contributed by atoms with Crippen LogP contribution in [0.5, 0.6) is 0 Å². The van der Waals surface area contributed by atoms with Gasteiger partial charge in [-0.2, -0.15) is 0 Å². The Kier molecular flexibility index (Phi) is 2.87. The Balaban J connectivity index is 1.62. The average Bonchev–Trinajstić information content (AvgIpc) is 2.88. The lowest BCUT2D eigenvalue weighted by Gasteiger charge is -2.60. The van der Waals surface area contributed by atoms with Gasteiger partial charge in [0.15, 0.2) is 0 Å². The molecule has 2 bridgehead atoms. The molecule has 2 heterocycles. The highest BCUT2D eigenvalue weighted by Crippen LogP contribution is 2.61. The van der Waals surface area contributed by atoms with Crippen LogP contribution in [0.2, 0.25) is 0 Å². The summed E-state index contributed by atoms with van der Waals surface area (Å²) in [6.45, 7) is 4.85. The van der Waals surface area contributed by atoms with E-state index >= 15 is 0 Å². The van der Waals surface area contributed by atoms with Crippen LogP contribution in [-0.2, 0) is 6.42 Å². The molecule has 3 aliphatic rings. The van der Waals surface area contributed by atoms with Gasteiger partial charge in [0.25, 0.3) is 5.91 Å². The highest BCUT2D eigenvalue weighted by Gasteiger charge is 2.53. The summed E-state index contributed by atoms with van der Waals surface area (Å²) >= 11 is 0. The van der Waals surface area contributed by atoms with Crippen LogP contribution < -0.4 is 5.73 Å². The number of rotatable bonds is 3. The number of carbonyl (C=O) groups excluding carboxylic acids is 1. The quantitative estimate of drug-likeness (QED) is 0.946. The van der Waals surface area contributed by atoms with E-state index in [1.165, 1.54) is 19.3 Å². The second-order valence-electron chi connectivity index (χ2n) is 7.64. The van der Waals surface area contributed by atoms with E-state index < -0.39 is 5.91 Å². The van der Waals surface area contributed by atoms with Crippen molar-refractivity contribution in [2.45, 2.75) is 39.5 Å². The molecule has 0 radical (unpaired) electrons. The molecule has 3 saturated carbocycles. The van der Waals surface area contributed by atoms with Crippen LogP contribution in [0.3, 0.4) is 0 Å². The molecule has 2 aromatic heterocycles. The minimum atomic E-state index is -0.407. The van der Waals surface area contributed by atoms with Gasteiger partial charge in [-0.3, -0.25) is 9.20 Å². The first-order chi connectivity index (χ1) is 10.5. The molecule has 3 fully saturated rings. The highest BCUT2D eigenvalue weighted by atomic mass is 16.1. The topological polar surface area (TPSA) is 60.4 Å². The van der Waals surface area contributed by atoms with E-state index in [4.69, 9.17) is 10.7 Å². The van der Waals surface area contributed by atoms with Crippen LogP contribution >= 0.6 is 0 Å². The summed E-state index contributed by atoms with van der Waals surface area (Å²) in [5, 5.41) is 0. The van der Waals surface area contributed by atoms with E-state index in [0.717, 1.165) is 35.5 Å². The van der Waals surface area contributed by atoms with E-state index in [0.29, 0.717) is 11.1 Å². The van der Waals surface area contributed by atoms with Crippen molar-refractivity contribution in [3.63, 3.8) is 0 Å². The van der Waals surface area contributed by atoms with Gasteiger partial charge in [-0.25, -0.2) is 4.98 Å². The van der Waals surface area contributed by atoms with Crippen molar-refractivity contribution in [3.8, 4) is 0 Å². The Labute approximate surface area is 130 Å². The van der Waals surface area contributed by atoms with Gasteiger partial charge in [0.1, 0.15) is 11.3 Å². The molecule has 4 nitrogen and oxygen atoms in total. The fourth-order valence-electron chi connectivity index (χ4n) is 4.84. The van der Waals surface area contributed by atoms with E-state index in [-0.39, 0.29) is 0 Å². The van der Waals surface area contributed by atoms with Crippen LogP contribution in [0.15, 0.2) is 24.4 Å². The number of imidazole rings is 1. The fourth-order valence-corrected chi connectivity index (χ4v) is 4.84. The fraction of sp³-hybridized carbons (Fsp3) is 0.556. The number of primary amides is 1. The molecule has 3 aliphatic carbocycles. The standard InChI is InChI=1S/C18H23N3O/c1-18(2)12-7-6-11(14(18)9-12)8-13-10-21-15(17(19)22)4-3-5-16(21)20-13/h3-5,10-12,14H,6-9H2,1-2H3,(H2,19,22)/t11-,12+,14+/m1/s1. The Morgan fingerprint density at radius 2 is 2.23 bits per heavy atom. The number of pyridine rings is 1. The van der Waals surface area contributed by atoms with E-state index in [2.05, 4.69) is 13.8 Å². The zero-order valence-electron chi connectivity index (χ0n) is 13.2. The smallest absolute Gasteiger partial charge is 0.265 e. The van der Waals surface area contributed by atoms with Gasteiger partial charge in [-0.15, -0.1) is 0 Å². The third-order valence-corrected chi connectivity index (χ3v) is 6.27. The number of nitrogens with zero attached hydrogens (tertiary/aromatic N) is 2. The number of amides is 1. The first kappa shape index (κ1) is 13.8. The Bertz CT molecular complexity index is 744. The van der Waals surface area contributed by atoms with E-state index in [1.807, 2.05) is 22.7 Å². The molecule has 3 atom stereocenters. The molecule has 116 valence electrons. The maximum absolute atomic E-state index is 11.5. The molecule has 5 rings (SSSR count). The molecule has 0 saturated heterocycles. The Hall–Kier alpha value is -1.84. The Morgan fingerprint density at radius 3 is 2.91 bits per heavy atom. The minimum absolute atomic E-state index is 0.407. The van der Waals surface area contributed by atoms with Gasteiger partial charge in [0.05, 0.1) is 5.69 Å². The van der Waals surface area contributed by atoms with Crippen LogP contribution in [0.25, 0.3) is 5.65 Å². The summed E-state index contributed by atoms with van der Waals surface area (Å²) in [5.41, 5.74) is 8.35. The van der Waals surface area contributed by atoms with Gasteiger partial charge in [0, 0.05) is 6.20 Å². The number of aromatic nitrogens is 2. The number of nitrogens with two attached hydrogens (primary N) is 1. The van der Waals surface area contributed by atoms with Crippen molar-refractivity contribution in [1.29, 1.82) is 0 Å². The summed E-state index contributed by atoms with van der Waals surface area (Å²) in [7, 11) is 0. The molecule has 0 aromatic carbocycles. The van der Waals surface area contributed by atoms with Crippen molar-refractivity contribution in [2.75, 3.05) is 0 Å². The van der Waals surface area contributed by atoms with Crippen molar-refractivity contribution in [1.82, 2.24) is 9.38 Å². The van der Waals surface area contributed by atoms with Crippen LogP contribution in [0, 0.1) is 23.2 Å². The number of hydrogen-bond donors (Lipinski definition) is 1. The van der Waals surface area contributed by atoms with Gasteiger partial charge in [0.2, 0.25) is 0 Å². The minimum Gasteiger partial charge on any atom is -0.364 e.